The van der Waals surface area contributed by atoms with Crippen LogP contribution in [0.3, 0.4) is 0 Å². The lowest BCUT2D eigenvalue weighted by Gasteiger charge is -2.25. The summed E-state index contributed by atoms with van der Waals surface area (Å²) in [5.41, 5.74) is 1.19. The fraction of sp³-hybridized carbons (Fsp3) is 0.571. The highest BCUT2D eigenvalue weighted by molar-refractivity contribution is 6.34. The summed E-state index contributed by atoms with van der Waals surface area (Å²) < 4.78 is 0. The van der Waals surface area contributed by atoms with Gasteiger partial charge in [0.2, 0.25) is 0 Å². The van der Waals surface area contributed by atoms with E-state index >= 15 is 0 Å². The fourth-order valence-corrected chi connectivity index (χ4v) is 2.79. The van der Waals surface area contributed by atoms with Gasteiger partial charge in [-0.1, -0.05) is 50.4 Å². The molecule has 0 saturated heterocycles. The van der Waals surface area contributed by atoms with Crippen LogP contribution in [-0.2, 0) is 0 Å². The maximum atomic E-state index is 6.06. The SMILES string of the molecule is CCCC(C)C(NCC)c1cc(Cl)cc(Cl)c1. The highest BCUT2D eigenvalue weighted by Crippen LogP contribution is 2.29. The van der Waals surface area contributed by atoms with Crippen LogP contribution in [0.1, 0.15) is 45.2 Å². The normalized spacial score (nSPS) is 14.6. The van der Waals surface area contributed by atoms with Gasteiger partial charge in [-0.3, -0.25) is 0 Å². The Labute approximate surface area is 115 Å². The molecule has 3 heteroatoms. The minimum Gasteiger partial charge on any atom is -0.310 e. The fourth-order valence-electron chi connectivity index (χ4n) is 2.24. The maximum absolute atomic E-state index is 6.06. The van der Waals surface area contributed by atoms with Gasteiger partial charge in [-0.15, -0.1) is 0 Å². The summed E-state index contributed by atoms with van der Waals surface area (Å²) in [6.45, 7) is 7.55. The van der Waals surface area contributed by atoms with Crippen molar-refractivity contribution in [1.82, 2.24) is 5.32 Å². The third-order valence-corrected chi connectivity index (χ3v) is 3.42. The van der Waals surface area contributed by atoms with Crippen LogP contribution >= 0.6 is 23.2 Å². The third-order valence-electron chi connectivity index (χ3n) is 2.98. The zero-order chi connectivity index (χ0) is 12.8. The topological polar surface area (TPSA) is 12.0 Å². The van der Waals surface area contributed by atoms with Crippen LogP contribution in [-0.4, -0.2) is 6.54 Å². The predicted molar refractivity (Wildman–Crippen MR) is 77.0 cm³/mol. The summed E-state index contributed by atoms with van der Waals surface area (Å²) >= 11 is 12.1. The van der Waals surface area contributed by atoms with Crippen molar-refractivity contribution in [3.63, 3.8) is 0 Å². The second-order valence-corrected chi connectivity index (χ2v) is 5.38. The number of benzene rings is 1. The van der Waals surface area contributed by atoms with Crippen LogP contribution in [0.15, 0.2) is 18.2 Å². The molecule has 0 radical (unpaired) electrons. The van der Waals surface area contributed by atoms with Gasteiger partial charge in [0.1, 0.15) is 0 Å². The minimum absolute atomic E-state index is 0.330. The van der Waals surface area contributed by atoms with Crippen molar-refractivity contribution in [3.8, 4) is 0 Å². The van der Waals surface area contributed by atoms with E-state index < -0.39 is 0 Å². The Balaban J connectivity index is 2.95. The molecule has 17 heavy (non-hydrogen) atoms. The Bertz CT molecular complexity index is 332. The molecule has 0 aliphatic carbocycles. The van der Waals surface area contributed by atoms with Crippen LogP contribution in [0.4, 0.5) is 0 Å². The maximum Gasteiger partial charge on any atom is 0.0424 e. The van der Waals surface area contributed by atoms with E-state index in [1.54, 1.807) is 6.07 Å². The molecule has 96 valence electrons. The van der Waals surface area contributed by atoms with Gasteiger partial charge in [-0.05, 0) is 42.6 Å². The molecular formula is C14H21Cl2N. The molecule has 1 rings (SSSR count). The molecule has 0 aliphatic rings. The largest absolute Gasteiger partial charge is 0.310 e. The van der Waals surface area contributed by atoms with Crippen molar-refractivity contribution < 1.29 is 0 Å². The van der Waals surface area contributed by atoms with Crippen LogP contribution in [0.25, 0.3) is 0 Å². The molecule has 1 nitrogen and oxygen atoms in total. The summed E-state index contributed by atoms with van der Waals surface area (Å²) in [4.78, 5) is 0. The first kappa shape index (κ1) is 14.8. The Morgan fingerprint density at radius 2 is 1.71 bits per heavy atom. The third kappa shape index (κ3) is 4.50. The van der Waals surface area contributed by atoms with Crippen molar-refractivity contribution in [3.05, 3.63) is 33.8 Å². The standard InChI is InChI=1S/C14H21Cl2N/c1-4-6-10(3)14(17-5-2)11-7-12(15)9-13(16)8-11/h7-10,14,17H,4-6H2,1-3H3. The average molecular weight is 274 g/mol. The van der Waals surface area contributed by atoms with Gasteiger partial charge in [0.25, 0.3) is 0 Å². The first-order valence-corrected chi connectivity index (χ1v) is 7.03. The Morgan fingerprint density at radius 1 is 1.12 bits per heavy atom. The van der Waals surface area contributed by atoms with E-state index in [2.05, 4.69) is 26.1 Å². The lowest BCUT2D eigenvalue weighted by Crippen LogP contribution is -2.26. The monoisotopic (exact) mass is 273 g/mol. The summed E-state index contributed by atoms with van der Waals surface area (Å²) in [6.07, 6.45) is 2.39. The average Bonchev–Trinajstić information content (AvgIpc) is 2.24. The van der Waals surface area contributed by atoms with E-state index in [-0.39, 0.29) is 0 Å². The van der Waals surface area contributed by atoms with E-state index in [1.807, 2.05) is 12.1 Å². The Hall–Kier alpha value is -0.240. The van der Waals surface area contributed by atoms with Crippen molar-refractivity contribution in [2.24, 2.45) is 5.92 Å². The van der Waals surface area contributed by atoms with Crippen molar-refractivity contribution >= 4 is 23.2 Å². The first-order valence-electron chi connectivity index (χ1n) is 6.27. The van der Waals surface area contributed by atoms with Gasteiger partial charge < -0.3 is 5.32 Å². The zero-order valence-electron chi connectivity index (χ0n) is 10.8. The molecule has 1 N–H and O–H groups in total. The van der Waals surface area contributed by atoms with Gasteiger partial charge in [-0.2, -0.15) is 0 Å². The molecule has 0 saturated carbocycles. The van der Waals surface area contributed by atoms with E-state index in [0.717, 1.165) is 6.54 Å². The number of rotatable bonds is 6. The van der Waals surface area contributed by atoms with Crippen LogP contribution in [0.2, 0.25) is 10.0 Å². The Kier molecular flexibility index (Phi) is 6.32. The lowest BCUT2D eigenvalue weighted by molar-refractivity contribution is 0.369. The molecule has 2 unspecified atom stereocenters. The molecular weight excluding hydrogens is 253 g/mol. The van der Waals surface area contributed by atoms with Gasteiger partial charge >= 0.3 is 0 Å². The van der Waals surface area contributed by atoms with E-state index in [1.165, 1.54) is 18.4 Å². The minimum atomic E-state index is 0.330. The first-order chi connectivity index (χ1) is 8.08. The van der Waals surface area contributed by atoms with E-state index in [0.29, 0.717) is 22.0 Å². The molecule has 1 aromatic rings. The smallest absolute Gasteiger partial charge is 0.0424 e. The molecule has 0 spiro atoms. The van der Waals surface area contributed by atoms with Gasteiger partial charge in [0, 0.05) is 16.1 Å². The van der Waals surface area contributed by atoms with Gasteiger partial charge in [0.15, 0.2) is 0 Å². The Morgan fingerprint density at radius 3 is 2.18 bits per heavy atom. The van der Waals surface area contributed by atoms with E-state index in [4.69, 9.17) is 23.2 Å². The summed E-state index contributed by atoms with van der Waals surface area (Å²) in [6, 6.07) is 6.12. The zero-order valence-corrected chi connectivity index (χ0v) is 12.3. The molecule has 0 heterocycles. The molecule has 1 aromatic carbocycles. The van der Waals surface area contributed by atoms with E-state index in [9.17, 15) is 0 Å². The lowest BCUT2D eigenvalue weighted by atomic mass is 9.91. The molecule has 0 fully saturated rings. The van der Waals surface area contributed by atoms with Crippen molar-refractivity contribution in [2.75, 3.05) is 6.54 Å². The molecule has 0 aromatic heterocycles. The van der Waals surface area contributed by atoms with Gasteiger partial charge in [-0.25, -0.2) is 0 Å². The second kappa shape index (κ2) is 7.25. The summed E-state index contributed by atoms with van der Waals surface area (Å²) in [7, 11) is 0. The van der Waals surface area contributed by atoms with Crippen LogP contribution in [0.5, 0.6) is 0 Å². The number of nitrogens with one attached hydrogen (secondary N) is 1. The second-order valence-electron chi connectivity index (χ2n) is 4.50. The quantitative estimate of drug-likeness (QED) is 0.762. The molecule has 0 aliphatic heterocycles. The summed E-state index contributed by atoms with van der Waals surface area (Å²) in [5.74, 6) is 0.578. The van der Waals surface area contributed by atoms with Crippen molar-refractivity contribution in [1.29, 1.82) is 0 Å². The highest BCUT2D eigenvalue weighted by atomic mass is 35.5. The predicted octanol–water partition coefficient (Wildman–Crippen LogP) is 5.08. The number of halogens is 2. The molecule has 0 amide bonds. The molecule has 2 atom stereocenters. The number of hydrogen-bond acceptors (Lipinski definition) is 1. The van der Waals surface area contributed by atoms with Crippen LogP contribution in [0, 0.1) is 5.92 Å². The molecule has 0 bridgehead atoms. The number of hydrogen-bond donors (Lipinski definition) is 1. The highest BCUT2D eigenvalue weighted by Gasteiger charge is 2.18. The summed E-state index contributed by atoms with van der Waals surface area (Å²) in [5, 5.41) is 4.94. The van der Waals surface area contributed by atoms with Crippen molar-refractivity contribution in [2.45, 2.75) is 39.7 Å². The van der Waals surface area contributed by atoms with Gasteiger partial charge in [0.05, 0.1) is 0 Å². The van der Waals surface area contributed by atoms with Crippen LogP contribution < -0.4 is 5.32 Å².